The molecule has 1 heterocycles. The number of halogens is 1. The lowest BCUT2D eigenvalue weighted by Gasteiger charge is -2.04. The minimum absolute atomic E-state index is 0.137. The zero-order valence-electron chi connectivity index (χ0n) is 12.5. The van der Waals surface area contributed by atoms with Gasteiger partial charge in [-0.25, -0.2) is 4.98 Å². The van der Waals surface area contributed by atoms with Crippen LogP contribution >= 0.6 is 15.9 Å². The number of amides is 1. The minimum Gasteiger partial charge on any atom is -0.440 e. The number of oxazole rings is 1. The van der Waals surface area contributed by atoms with Crippen LogP contribution in [0.25, 0.3) is 11.5 Å². The number of hydrogen-bond donors (Lipinski definition) is 1. The molecule has 4 nitrogen and oxygen atoms in total. The lowest BCUT2D eigenvalue weighted by molar-refractivity contribution is -0.115. The van der Waals surface area contributed by atoms with Crippen LogP contribution in [0.1, 0.15) is 11.5 Å². The Morgan fingerprint density at radius 3 is 2.70 bits per heavy atom. The fraction of sp³-hybridized carbons (Fsp3) is 0.111. The first-order valence-corrected chi connectivity index (χ1v) is 7.98. The highest BCUT2D eigenvalue weighted by Crippen LogP contribution is 2.22. The van der Waals surface area contributed by atoms with E-state index in [9.17, 15) is 4.79 Å². The topological polar surface area (TPSA) is 55.1 Å². The molecule has 116 valence electrons. The van der Waals surface area contributed by atoms with Gasteiger partial charge in [0, 0.05) is 15.7 Å². The first-order valence-electron chi connectivity index (χ1n) is 7.19. The van der Waals surface area contributed by atoms with Gasteiger partial charge in [0.1, 0.15) is 5.76 Å². The number of benzene rings is 2. The van der Waals surface area contributed by atoms with Crippen LogP contribution in [0.5, 0.6) is 0 Å². The standard InChI is InChI=1S/C18H15BrN2O2/c1-12-16(23-18(20-12)13-6-3-2-4-7-13)11-17(22)21-15-9-5-8-14(19)10-15/h2-10H,11H2,1H3,(H,21,22). The number of rotatable bonds is 4. The quantitative estimate of drug-likeness (QED) is 0.730. The van der Waals surface area contributed by atoms with E-state index >= 15 is 0 Å². The van der Waals surface area contributed by atoms with E-state index in [-0.39, 0.29) is 12.3 Å². The third-order valence-electron chi connectivity index (χ3n) is 3.34. The van der Waals surface area contributed by atoms with Gasteiger partial charge in [-0.1, -0.05) is 40.2 Å². The van der Waals surface area contributed by atoms with E-state index in [2.05, 4.69) is 26.2 Å². The number of aromatic nitrogens is 1. The summed E-state index contributed by atoms with van der Waals surface area (Å²) in [6.45, 7) is 1.84. The third-order valence-corrected chi connectivity index (χ3v) is 3.84. The van der Waals surface area contributed by atoms with Gasteiger partial charge < -0.3 is 9.73 Å². The molecule has 0 bridgehead atoms. The minimum atomic E-state index is -0.137. The average molecular weight is 371 g/mol. The molecule has 0 atom stereocenters. The highest BCUT2D eigenvalue weighted by Gasteiger charge is 2.14. The number of anilines is 1. The molecule has 0 saturated carbocycles. The van der Waals surface area contributed by atoms with E-state index in [1.165, 1.54) is 0 Å². The molecule has 5 heteroatoms. The van der Waals surface area contributed by atoms with Crippen molar-refractivity contribution >= 4 is 27.5 Å². The van der Waals surface area contributed by atoms with E-state index in [0.29, 0.717) is 11.7 Å². The molecule has 2 aromatic carbocycles. The number of aryl methyl sites for hydroxylation is 1. The summed E-state index contributed by atoms with van der Waals surface area (Å²) in [7, 11) is 0. The summed E-state index contributed by atoms with van der Waals surface area (Å²) < 4.78 is 6.67. The fourth-order valence-corrected chi connectivity index (χ4v) is 2.61. The summed E-state index contributed by atoms with van der Waals surface area (Å²) in [5, 5.41) is 2.85. The van der Waals surface area contributed by atoms with Gasteiger partial charge in [-0.15, -0.1) is 0 Å². The van der Waals surface area contributed by atoms with Gasteiger partial charge in [-0.2, -0.15) is 0 Å². The van der Waals surface area contributed by atoms with Crippen LogP contribution in [-0.4, -0.2) is 10.9 Å². The monoisotopic (exact) mass is 370 g/mol. The molecule has 0 aliphatic carbocycles. The predicted octanol–water partition coefficient (Wildman–Crippen LogP) is 4.59. The van der Waals surface area contributed by atoms with Crippen LogP contribution in [-0.2, 0) is 11.2 Å². The maximum absolute atomic E-state index is 12.2. The zero-order valence-corrected chi connectivity index (χ0v) is 14.1. The van der Waals surface area contributed by atoms with Crippen molar-refractivity contribution in [3.63, 3.8) is 0 Å². The number of nitrogens with one attached hydrogen (secondary N) is 1. The lowest BCUT2D eigenvalue weighted by Crippen LogP contribution is -2.14. The molecule has 3 rings (SSSR count). The van der Waals surface area contributed by atoms with E-state index in [1.807, 2.05) is 61.5 Å². The van der Waals surface area contributed by atoms with Gasteiger partial charge in [0.15, 0.2) is 0 Å². The van der Waals surface area contributed by atoms with Gasteiger partial charge in [0.25, 0.3) is 0 Å². The normalized spacial score (nSPS) is 10.5. The Bertz CT molecular complexity index is 828. The smallest absolute Gasteiger partial charge is 0.232 e. The molecule has 0 fully saturated rings. The molecule has 0 radical (unpaired) electrons. The molecule has 1 amide bonds. The van der Waals surface area contributed by atoms with Crippen LogP contribution in [0, 0.1) is 6.92 Å². The van der Waals surface area contributed by atoms with E-state index in [1.54, 1.807) is 0 Å². The second kappa shape index (κ2) is 6.79. The summed E-state index contributed by atoms with van der Waals surface area (Å²) in [6, 6.07) is 17.1. The number of carbonyl (C=O) groups excluding carboxylic acids is 1. The molecule has 0 unspecified atom stereocenters. The van der Waals surface area contributed by atoms with Gasteiger partial charge in [-0.3, -0.25) is 4.79 Å². The van der Waals surface area contributed by atoms with Crippen LogP contribution in [0.3, 0.4) is 0 Å². The second-order valence-corrected chi connectivity index (χ2v) is 6.04. The SMILES string of the molecule is Cc1nc(-c2ccccc2)oc1CC(=O)Nc1cccc(Br)c1. The van der Waals surface area contributed by atoms with Gasteiger partial charge in [0.05, 0.1) is 12.1 Å². The van der Waals surface area contributed by atoms with Crippen LogP contribution < -0.4 is 5.32 Å². The maximum Gasteiger partial charge on any atom is 0.232 e. The van der Waals surface area contributed by atoms with Crippen molar-refractivity contribution < 1.29 is 9.21 Å². The summed E-state index contributed by atoms with van der Waals surface area (Å²) in [5.74, 6) is 0.978. The molecule has 0 aliphatic rings. The van der Waals surface area contributed by atoms with E-state index < -0.39 is 0 Å². The Kier molecular flexibility index (Phi) is 4.57. The lowest BCUT2D eigenvalue weighted by atomic mass is 10.2. The van der Waals surface area contributed by atoms with Gasteiger partial charge in [0.2, 0.25) is 11.8 Å². The number of hydrogen-bond acceptors (Lipinski definition) is 3. The molecular weight excluding hydrogens is 356 g/mol. The van der Waals surface area contributed by atoms with Crippen molar-refractivity contribution in [1.29, 1.82) is 0 Å². The predicted molar refractivity (Wildman–Crippen MR) is 93.2 cm³/mol. The molecule has 1 aromatic heterocycles. The zero-order chi connectivity index (χ0) is 16.2. The number of carbonyl (C=O) groups is 1. The van der Waals surface area contributed by atoms with Crippen LogP contribution in [0.4, 0.5) is 5.69 Å². The maximum atomic E-state index is 12.2. The third kappa shape index (κ3) is 3.87. The fourth-order valence-electron chi connectivity index (χ4n) is 2.21. The van der Waals surface area contributed by atoms with Crippen molar-refractivity contribution in [2.24, 2.45) is 0 Å². The molecule has 0 saturated heterocycles. The van der Waals surface area contributed by atoms with Crippen LogP contribution in [0.2, 0.25) is 0 Å². The van der Waals surface area contributed by atoms with Gasteiger partial charge >= 0.3 is 0 Å². The Morgan fingerprint density at radius 1 is 1.17 bits per heavy atom. The molecule has 23 heavy (non-hydrogen) atoms. The number of nitrogens with zero attached hydrogens (tertiary/aromatic N) is 1. The molecule has 1 N–H and O–H groups in total. The van der Waals surface area contributed by atoms with Crippen molar-refractivity contribution in [2.75, 3.05) is 5.32 Å². The van der Waals surface area contributed by atoms with Gasteiger partial charge in [-0.05, 0) is 37.3 Å². The highest BCUT2D eigenvalue weighted by molar-refractivity contribution is 9.10. The Morgan fingerprint density at radius 2 is 1.96 bits per heavy atom. The summed E-state index contributed by atoms with van der Waals surface area (Å²) in [4.78, 5) is 16.6. The highest BCUT2D eigenvalue weighted by atomic mass is 79.9. The first kappa shape index (κ1) is 15.5. The van der Waals surface area contributed by atoms with Crippen molar-refractivity contribution in [1.82, 2.24) is 4.98 Å². The molecule has 0 aliphatic heterocycles. The van der Waals surface area contributed by atoms with Crippen molar-refractivity contribution in [3.8, 4) is 11.5 Å². The Balaban J connectivity index is 1.73. The van der Waals surface area contributed by atoms with Crippen molar-refractivity contribution in [2.45, 2.75) is 13.3 Å². The molecule has 3 aromatic rings. The average Bonchev–Trinajstić information content (AvgIpc) is 2.89. The largest absolute Gasteiger partial charge is 0.440 e. The summed E-state index contributed by atoms with van der Waals surface area (Å²) in [5.41, 5.74) is 2.37. The summed E-state index contributed by atoms with van der Waals surface area (Å²) >= 11 is 3.38. The Labute approximate surface area is 142 Å². The van der Waals surface area contributed by atoms with Crippen molar-refractivity contribution in [3.05, 3.63) is 70.5 Å². The van der Waals surface area contributed by atoms with E-state index in [4.69, 9.17) is 4.42 Å². The summed E-state index contributed by atoms with van der Waals surface area (Å²) in [6.07, 6.45) is 0.151. The second-order valence-electron chi connectivity index (χ2n) is 5.13. The van der Waals surface area contributed by atoms with Crippen LogP contribution in [0.15, 0.2) is 63.5 Å². The van der Waals surface area contributed by atoms with E-state index in [0.717, 1.165) is 21.4 Å². The molecular formula is C18H15BrN2O2. The Hall–Kier alpha value is -2.40. The molecule has 0 spiro atoms. The first-order chi connectivity index (χ1) is 11.1.